The second-order valence-electron chi connectivity index (χ2n) is 4.98. The Kier molecular flexibility index (Phi) is 3.82. The van der Waals surface area contributed by atoms with Crippen LogP contribution in [0.25, 0.3) is 0 Å². The first-order valence-electron chi connectivity index (χ1n) is 6.39. The van der Waals surface area contributed by atoms with Crippen LogP contribution in [-0.4, -0.2) is 59.6 Å². The SMILES string of the molecule is CCN(CCC(=O)O)C1CN2CCC1CC2. The number of hydrogen-bond donors (Lipinski definition) is 1. The maximum atomic E-state index is 10.6. The summed E-state index contributed by atoms with van der Waals surface area (Å²) in [7, 11) is 0. The van der Waals surface area contributed by atoms with Crippen molar-refractivity contribution in [1.82, 2.24) is 9.80 Å². The van der Waals surface area contributed by atoms with Gasteiger partial charge in [-0.2, -0.15) is 0 Å². The zero-order valence-corrected chi connectivity index (χ0v) is 10.1. The Balaban J connectivity index is 1.90. The number of fused-ring (bicyclic) bond motifs is 3. The molecule has 3 rings (SSSR count). The topological polar surface area (TPSA) is 43.8 Å². The van der Waals surface area contributed by atoms with E-state index in [-0.39, 0.29) is 6.42 Å². The molecule has 16 heavy (non-hydrogen) atoms. The van der Waals surface area contributed by atoms with Gasteiger partial charge in [-0.1, -0.05) is 6.92 Å². The molecule has 1 unspecified atom stereocenters. The molecule has 0 aromatic carbocycles. The highest BCUT2D eigenvalue weighted by Gasteiger charge is 2.36. The van der Waals surface area contributed by atoms with Crippen molar-refractivity contribution in [1.29, 1.82) is 0 Å². The third-order valence-electron chi connectivity index (χ3n) is 4.11. The predicted molar refractivity (Wildman–Crippen MR) is 62.5 cm³/mol. The minimum atomic E-state index is -0.681. The molecule has 0 aromatic rings. The summed E-state index contributed by atoms with van der Waals surface area (Å²) in [6.45, 7) is 7.47. The number of hydrogen-bond acceptors (Lipinski definition) is 3. The normalized spacial score (nSPS) is 33.2. The van der Waals surface area contributed by atoms with Gasteiger partial charge in [-0.25, -0.2) is 0 Å². The van der Waals surface area contributed by atoms with Crippen molar-refractivity contribution in [3.63, 3.8) is 0 Å². The number of likely N-dealkylation sites (N-methyl/N-ethyl adjacent to an activating group) is 1. The minimum absolute atomic E-state index is 0.275. The smallest absolute Gasteiger partial charge is 0.304 e. The third kappa shape index (κ3) is 2.55. The second-order valence-corrected chi connectivity index (χ2v) is 4.98. The van der Waals surface area contributed by atoms with Crippen LogP contribution in [0.3, 0.4) is 0 Å². The van der Waals surface area contributed by atoms with E-state index in [2.05, 4.69) is 16.7 Å². The maximum Gasteiger partial charge on any atom is 0.304 e. The summed E-state index contributed by atoms with van der Waals surface area (Å²) in [5.41, 5.74) is 0. The third-order valence-corrected chi connectivity index (χ3v) is 4.11. The lowest BCUT2D eigenvalue weighted by Gasteiger charge is -2.49. The summed E-state index contributed by atoms with van der Waals surface area (Å²) in [6, 6.07) is 0.604. The van der Waals surface area contributed by atoms with Crippen LogP contribution < -0.4 is 0 Å². The minimum Gasteiger partial charge on any atom is -0.481 e. The molecule has 0 radical (unpaired) electrons. The molecule has 4 nitrogen and oxygen atoms in total. The van der Waals surface area contributed by atoms with Crippen molar-refractivity contribution in [2.24, 2.45) is 5.92 Å². The lowest BCUT2D eigenvalue weighted by molar-refractivity contribution is -0.137. The number of aliphatic carboxylic acids is 1. The maximum absolute atomic E-state index is 10.6. The first-order chi connectivity index (χ1) is 7.70. The van der Waals surface area contributed by atoms with E-state index < -0.39 is 5.97 Å². The van der Waals surface area contributed by atoms with E-state index in [0.717, 1.165) is 19.0 Å². The van der Waals surface area contributed by atoms with Crippen molar-refractivity contribution in [3.05, 3.63) is 0 Å². The number of rotatable bonds is 5. The van der Waals surface area contributed by atoms with E-state index in [1.165, 1.54) is 25.9 Å². The van der Waals surface area contributed by atoms with Gasteiger partial charge in [0.1, 0.15) is 0 Å². The van der Waals surface area contributed by atoms with Crippen LogP contribution in [0.5, 0.6) is 0 Å². The standard InChI is InChI=1S/C12H22N2O2/c1-2-14(8-5-12(15)16)11-9-13-6-3-10(11)4-7-13/h10-11H,2-9H2,1H3,(H,15,16). The Bertz CT molecular complexity index is 249. The highest BCUT2D eigenvalue weighted by molar-refractivity contribution is 5.66. The van der Waals surface area contributed by atoms with Crippen LogP contribution in [0.15, 0.2) is 0 Å². The second kappa shape index (κ2) is 5.15. The molecule has 3 saturated heterocycles. The molecule has 3 aliphatic heterocycles. The molecule has 0 aliphatic carbocycles. The van der Waals surface area contributed by atoms with Crippen LogP contribution in [0.1, 0.15) is 26.2 Å². The van der Waals surface area contributed by atoms with E-state index in [4.69, 9.17) is 5.11 Å². The van der Waals surface area contributed by atoms with Crippen LogP contribution in [0, 0.1) is 5.92 Å². The monoisotopic (exact) mass is 226 g/mol. The fraction of sp³-hybridized carbons (Fsp3) is 0.917. The first-order valence-corrected chi connectivity index (χ1v) is 6.39. The summed E-state index contributed by atoms with van der Waals surface area (Å²) >= 11 is 0. The van der Waals surface area contributed by atoms with Crippen molar-refractivity contribution in [2.45, 2.75) is 32.2 Å². The zero-order valence-electron chi connectivity index (χ0n) is 10.1. The van der Waals surface area contributed by atoms with Crippen molar-refractivity contribution < 1.29 is 9.90 Å². The van der Waals surface area contributed by atoms with E-state index in [9.17, 15) is 4.79 Å². The van der Waals surface area contributed by atoms with Gasteiger partial charge < -0.3 is 10.0 Å². The summed E-state index contributed by atoms with van der Waals surface area (Å²) in [5, 5.41) is 8.75. The quantitative estimate of drug-likeness (QED) is 0.755. The molecule has 3 heterocycles. The Labute approximate surface area is 97.2 Å². The number of carboxylic acid groups (broad SMARTS) is 1. The van der Waals surface area contributed by atoms with E-state index in [0.29, 0.717) is 12.6 Å². The fourth-order valence-corrected chi connectivity index (χ4v) is 3.15. The number of nitrogens with zero attached hydrogens (tertiary/aromatic N) is 2. The summed E-state index contributed by atoms with van der Waals surface area (Å²) in [6.07, 6.45) is 2.87. The van der Waals surface area contributed by atoms with Gasteiger partial charge in [0.05, 0.1) is 6.42 Å². The molecule has 0 amide bonds. The van der Waals surface area contributed by atoms with Gasteiger partial charge in [0, 0.05) is 19.1 Å². The van der Waals surface area contributed by atoms with Crippen LogP contribution in [0.2, 0.25) is 0 Å². The van der Waals surface area contributed by atoms with Crippen molar-refractivity contribution in [3.8, 4) is 0 Å². The van der Waals surface area contributed by atoms with E-state index >= 15 is 0 Å². The zero-order chi connectivity index (χ0) is 11.5. The Morgan fingerprint density at radius 1 is 1.44 bits per heavy atom. The molecule has 3 aliphatic rings. The van der Waals surface area contributed by atoms with Gasteiger partial charge in [0.2, 0.25) is 0 Å². The van der Waals surface area contributed by atoms with Crippen LogP contribution in [0.4, 0.5) is 0 Å². The molecule has 3 fully saturated rings. The average Bonchev–Trinajstić information content (AvgIpc) is 2.31. The Morgan fingerprint density at radius 3 is 2.56 bits per heavy atom. The first kappa shape index (κ1) is 11.9. The predicted octanol–water partition coefficient (Wildman–Crippen LogP) is 0.877. The lowest BCUT2D eigenvalue weighted by atomic mass is 9.83. The highest BCUT2D eigenvalue weighted by atomic mass is 16.4. The van der Waals surface area contributed by atoms with Gasteiger partial charge >= 0.3 is 5.97 Å². The van der Waals surface area contributed by atoms with Gasteiger partial charge in [-0.05, 0) is 38.4 Å². The number of carbonyl (C=O) groups is 1. The summed E-state index contributed by atoms with van der Waals surface area (Å²) in [5.74, 6) is 0.124. The number of carboxylic acids is 1. The molecule has 0 spiro atoms. The van der Waals surface area contributed by atoms with Gasteiger partial charge in [0.15, 0.2) is 0 Å². The molecule has 1 atom stereocenters. The molecule has 2 bridgehead atoms. The van der Waals surface area contributed by atoms with Gasteiger partial charge in [-0.3, -0.25) is 9.69 Å². The van der Waals surface area contributed by atoms with E-state index in [1.54, 1.807) is 0 Å². The van der Waals surface area contributed by atoms with Crippen LogP contribution in [-0.2, 0) is 4.79 Å². The van der Waals surface area contributed by atoms with Crippen molar-refractivity contribution in [2.75, 3.05) is 32.7 Å². The Morgan fingerprint density at radius 2 is 2.12 bits per heavy atom. The summed E-state index contributed by atoms with van der Waals surface area (Å²) in [4.78, 5) is 15.5. The van der Waals surface area contributed by atoms with Gasteiger partial charge in [0.25, 0.3) is 0 Å². The largest absolute Gasteiger partial charge is 0.481 e. The molecular weight excluding hydrogens is 204 g/mol. The van der Waals surface area contributed by atoms with Crippen molar-refractivity contribution >= 4 is 5.97 Å². The average molecular weight is 226 g/mol. The molecule has 4 heteroatoms. The number of piperidine rings is 3. The molecule has 0 saturated carbocycles. The van der Waals surface area contributed by atoms with Gasteiger partial charge in [-0.15, -0.1) is 0 Å². The molecular formula is C12H22N2O2. The molecule has 92 valence electrons. The Hall–Kier alpha value is -0.610. The fourth-order valence-electron chi connectivity index (χ4n) is 3.15. The molecule has 1 N–H and O–H groups in total. The summed E-state index contributed by atoms with van der Waals surface area (Å²) < 4.78 is 0. The lowest BCUT2D eigenvalue weighted by Crippen LogP contribution is -2.57. The molecule has 0 aromatic heterocycles. The van der Waals surface area contributed by atoms with Crippen LogP contribution >= 0.6 is 0 Å². The highest BCUT2D eigenvalue weighted by Crippen LogP contribution is 2.30. The van der Waals surface area contributed by atoms with E-state index in [1.807, 2.05) is 0 Å².